The van der Waals surface area contributed by atoms with E-state index in [2.05, 4.69) is 26.0 Å². The minimum absolute atomic E-state index is 0.262. The molecule has 1 atom stereocenters. The van der Waals surface area contributed by atoms with Crippen LogP contribution < -0.4 is 5.73 Å². The molecule has 1 fully saturated rings. The van der Waals surface area contributed by atoms with Gasteiger partial charge >= 0.3 is 0 Å². The maximum Gasteiger partial charge on any atom is 0.0441 e. The van der Waals surface area contributed by atoms with Crippen LogP contribution in [-0.4, -0.2) is 6.04 Å². The average Bonchev–Trinajstić information content (AvgIpc) is 2.43. The fraction of sp³-hybridized carbons (Fsp3) is 0.667. The lowest BCUT2D eigenvalue weighted by Gasteiger charge is -2.32. The zero-order chi connectivity index (χ0) is 14.5. The lowest BCUT2D eigenvalue weighted by molar-refractivity contribution is 0.232. The normalized spacial score (nSPS) is 24.6. The Morgan fingerprint density at radius 2 is 1.95 bits per heavy atom. The summed E-state index contributed by atoms with van der Waals surface area (Å²) in [4.78, 5) is 0. The van der Waals surface area contributed by atoms with Crippen LogP contribution in [0.4, 0.5) is 0 Å². The molecule has 2 N–H and O–H groups in total. The van der Waals surface area contributed by atoms with E-state index in [1.807, 2.05) is 6.07 Å². The summed E-state index contributed by atoms with van der Waals surface area (Å²) in [5.41, 5.74) is 8.87. The number of halogens is 1. The van der Waals surface area contributed by atoms with Crippen LogP contribution in [0.2, 0.25) is 5.02 Å². The Balaban J connectivity index is 1.87. The molecule has 0 spiro atoms. The van der Waals surface area contributed by atoms with Gasteiger partial charge in [0.15, 0.2) is 0 Å². The zero-order valence-electron chi connectivity index (χ0n) is 12.9. The molecule has 1 nitrogen and oxygen atoms in total. The molecule has 0 aromatic heterocycles. The van der Waals surface area contributed by atoms with Gasteiger partial charge in [0.25, 0.3) is 0 Å². The number of nitrogens with two attached hydrogens (primary N) is 1. The summed E-state index contributed by atoms with van der Waals surface area (Å²) < 4.78 is 0. The highest BCUT2D eigenvalue weighted by molar-refractivity contribution is 6.31. The summed E-state index contributed by atoms with van der Waals surface area (Å²) in [6.07, 6.45) is 8.97. The summed E-state index contributed by atoms with van der Waals surface area (Å²) in [6.45, 7) is 4.36. The predicted molar refractivity (Wildman–Crippen MR) is 88.2 cm³/mol. The molecule has 1 saturated carbocycles. The molecule has 2 heteroatoms. The third kappa shape index (κ3) is 4.23. The van der Waals surface area contributed by atoms with Crippen LogP contribution in [0.25, 0.3) is 0 Å². The maximum absolute atomic E-state index is 6.45. The molecule has 1 aromatic carbocycles. The lowest BCUT2D eigenvalue weighted by Crippen LogP contribution is -2.35. The Hall–Kier alpha value is -0.530. The first-order valence-corrected chi connectivity index (χ1v) is 8.48. The van der Waals surface area contributed by atoms with E-state index >= 15 is 0 Å². The van der Waals surface area contributed by atoms with Gasteiger partial charge in [0.2, 0.25) is 0 Å². The molecular formula is C18H28ClN. The van der Waals surface area contributed by atoms with Crippen molar-refractivity contribution in [2.24, 2.45) is 17.6 Å². The van der Waals surface area contributed by atoms with E-state index in [4.69, 9.17) is 17.3 Å². The summed E-state index contributed by atoms with van der Waals surface area (Å²) in [7, 11) is 0. The molecule has 1 unspecified atom stereocenters. The van der Waals surface area contributed by atoms with Crippen LogP contribution >= 0.6 is 11.6 Å². The van der Waals surface area contributed by atoms with E-state index in [1.54, 1.807) is 0 Å². The van der Waals surface area contributed by atoms with Crippen molar-refractivity contribution in [3.05, 3.63) is 34.3 Å². The largest absolute Gasteiger partial charge is 0.327 e. The van der Waals surface area contributed by atoms with E-state index in [9.17, 15) is 0 Å². The topological polar surface area (TPSA) is 26.0 Å². The van der Waals surface area contributed by atoms with E-state index in [0.29, 0.717) is 5.92 Å². The predicted octanol–water partition coefficient (Wildman–Crippen LogP) is 5.12. The van der Waals surface area contributed by atoms with Gasteiger partial charge in [0, 0.05) is 11.1 Å². The Morgan fingerprint density at radius 1 is 1.25 bits per heavy atom. The second-order valence-corrected chi connectivity index (χ2v) is 6.94. The van der Waals surface area contributed by atoms with Gasteiger partial charge in [-0.05, 0) is 55.2 Å². The van der Waals surface area contributed by atoms with E-state index in [1.165, 1.54) is 49.7 Å². The number of hydrogen-bond donors (Lipinski definition) is 1. The van der Waals surface area contributed by atoms with Crippen LogP contribution in [0.3, 0.4) is 0 Å². The Bertz CT molecular complexity index is 421. The van der Waals surface area contributed by atoms with Crippen LogP contribution in [-0.2, 0) is 6.42 Å². The fourth-order valence-electron chi connectivity index (χ4n) is 3.55. The molecule has 1 aromatic rings. The Kier molecular flexibility index (Phi) is 5.92. The minimum atomic E-state index is 0.262. The lowest BCUT2D eigenvalue weighted by atomic mass is 9.76. The van der Waals surface area contributed by atoms with Crippen LogP contribution in [0, 0.1) is 18.8 Å². The highest BCUT2D eigenvalue weighted by Crippen LogP contribution is 2.34. The van der Waals surface area contributed by atoms with Gasteiger partial charge in [-0.15, -0.1) is 0 Å². The van der Waals surface area contributed by atoms with E-state index < -0.39 is 0 Å². The third-order valence-electron chi connectivity index (χ3n) is 4.86. The molecule has 0 bridgehead atoms. The highest BCUT2D eigenvalue weighted by Gasteiger charge is 2.25. The SMILES string of the molecule is CCCC1CCC(C(N)Cc2ccc(C)cc2Cl)CC1. The smallest absolute Gasteiger partial charge is 0.0441 e. The van der Waals surface area contributed by atoms with Crippen molar-refractivity contribution in [2.45, 2.75) is 64.8 Å². The van der Waals surface area contributed by atoms with E-state index in [-0.39, 0.29) is 6.04 Å². The Labute approximate surface area is 128 Å². The Morgan fingerprint density at radius 3 is 2.55 bits per heavy atom. The molecule has 0 aliphatic heterocycles. The van der Waals surface area contributed by atoms with Crippen molar-refractivity contribution in [1.29, 1.82) is 0 Å². The third-order valence-corrected chi connectivity index (χ3v) is 5.21. The van der Waals surface area contributed by atoms with Crippen molar-refractivity contribution < 1.29 is 0 Å². The van der Waals surface area contributed by atoms with Crippen molar-refractivity contribution in [1.82, 2.24) is 0 Å². The van der Waals surface area contributed by atoms with Gasteiger partial charge in [-0.1, -0.05) is 56.3 Å². The summed E-state index contributed by atoms with van der Waals surface area (Å²) >= 11 is 6.32. The summed E-state index contributed by atoms with van der Waals surface area (Å²) in [5, 5.41) is 0.875. The standard InChI is InChI=1S/C18H28ClN/c1-3-4-14-6-9-15(10-7-14)18(20)12-16-8-5-13(2)11-17(16)19/h5,8,11,14-15,18H,3-4,6-7,9-10,12,20H2,1-2H3. The van der Waals surface area contributed by atoms with E-state index in [0.717, 1.165) is 17.4 Å². The van der Waals surface area contributed by atoms with Crippen LogP contribution in [0.15, 0.2) is 18.2 Å². The van der Waals surface area contributed by atoms with Gasteiger partial charge in [-0.2, -0.15) is 0 Å². The number of aryl methyl sites for hydroxylation is 1. The van der Waals surface area contributed by atoms with Crippen LogP contribution in [0.5, 0.6) is 0 Å². The molecule has 20 heavy (non-hydrogen) atoms. The molecule has 0 heterocycles. The first-order chi connectivity index (χ1) is 9.60. The van der Waals surface area contributed by atoms with Gasteiger partial charge in [-0.25, -0.2) is 0 Å². The molecular weight excluding hydrogens is 266 g/mol. The monoisotopic (exact) mass is 293 g/mol. The molecule has 1 aliphatic rings. The fourth-order valence-corrected chi connectivity index (χ4v) is 3.86. The van der Waals surface area contributed by atoms with Crippen molar-refractivity contribution in [2.75, 3.05) is 0 Å². The second kappa shape index (κ2) is 7.47. The molecule has 0 radical (unpaired) electrons. The molecule has 0 saturated heterocycles. The number of rotatable bonds is 5. The number of benzene rings is 1. The van der Waals surface area contributed by atoms with Gasteiger partial charge in [0.1, 0.15) is 0 Å². The highest BCUT2D eigenvalue weighted by atomic mass is 35.5. The van der Waals surface area contributed by atoms with Crippen molar-refractivity contribution in [3.8, 4) is 0 Å². The second-order valence-electron chi connectivity index (χ2n) is 6.53. The van der Waals surface area contributed by atoms with Gasteiger partial charge in [0.05, 0.1) is 0 Å². The molecule has 0 amide bonds. The first-order valence-electron chi connectivity index (χ1n) is 8.10. The summed E-state index contributed by atoms with van der Waals surface area (Å²) in [6, 6.07) is 6.58. The van der Waals surface area contributed by atoms with Crippen molar-refractivity contribution >= 4 is 11.6 Å². The molecule has 1 aliphatic carbocycles. The van der Waals surface area contributed by atoms with Crippen LogP contribution in [0.1, 0.15) is 56.6 Å². The molecule has 112 valence electrons. The minimum Gasteiger partial charge on any atom is -0.327 e. The quantitative estimate of drug-likeness (QED) is 0.800. The average molecular weight is 294 g/mol. The van der Waals surface area contributed by atoms with Gasteiger partial charge in [-0.3, -0.25) is 0 Å². The van der Waals surface area contributed by atoms with Crippen molar-refractivity contribution in [3.63, 3.8) is 0 Å². The van der Waals surface area contributed by atoms with Gasteiger partial charge < -0.3 is 5.73 Å². The zero-order valence-corrected chi connectivity index (χ0v) is 13.6. The number of hydrogen-bond acceptors (Lipinski definition) is 1. The maximum atomic E-state index is 6.45. The molecule has 2 rings (SSSR count). The first kappa shape index (κ1) is 15.9. The summed E-state index contributed by atoms with van der Waals surface area (Å²) in [5.74, 6) is 1.63.